The van der Waals surface area contributed by atoms with Crippen molar-refractivity contribution in [2.45, 2.75) is 31.8 Å². The summed E-state index contributed by atoms with van der Waals surface area (Å²) < 4.78 is 13.2. The number of thiophene rings is 1. The summed E-state index contributed by atoms with van der Waals surface area (Å²) in [5.41, 5.74) is 1.08. The van der Waals surface area contributed by atoms with Gasteiger partial charge in [-0.1, -0.05) is 6.07 Å². The molecule has 144 valence electrons. The summed E-state index contributed by atoms with van der Waals surface area (Å²) in [6, 6.07) is 11.4. The van der Waals surface area contributed by atoms with Crippen LogP contribution < -0.4 is 15.1 Å². The fourth-order valence-corrected chi connectivity index (χ4v) is 5.04. The van der Waals surface area contributed by atoms with Gasteiger partial charge in [0.05, 0.1) is 37.1 Å². The Kier molecular flexibility index (Phi) is 5.45. The van der Waals surface area contributed by atoms with Crippen molar-refractivity contribution >= 4 is 22.9 Å². The van der Waals surface area contributed by atoms with E-state index in [1.54, 1.807) is 11.3 Å². The monoisotopic (exact) mass is 388 g/mol. The van der Waals surface area contributed by atoms with Crippen LogP contribution in [0.4, 0.5) is 10.1 Å². The highest BCUT2D eigenvalue weighted by Gasteiger charge is 2.37. The maximum Gasteiger partial charge on any atom is 0.223 e. The molecular weight excluding hydrogens is 361 g/mol. The molecule has 1 saturated carbocycles. The van der Waals surface area contributed by atoms with Crippen LogP contribution in [0.15, 0.2) is 41.8 Å². The molecular formula is C21H27FN3OS+. The number of hydrogen-bond acceptors (Lipinski definition) is 3. The molecule has 0 spiro atoms. The van der Waals surface area contributed by atoms with E-state index in [-0.39, 0.29) is 29.7 Å². The average molecular weight is 389 g/mol. The van der Waals surface area contributed by atoms with Gasteiger partial charge in [0.2, 0.25) is 5.91 Å². The number of nitrogens with one attached hydrogen (secondary N) is 2. The van der Waals surface area contributed by atoms with Crippen molar-refractivity contribution in [1.29, 1.82) is 0 Å². The lowest BCUT2D eigenvalue weighted by Gasteiger charge is -2.39. The number of anilines is 1. The van der Waals surface area contributed by atoms with Crippen molar-refractivity contribution in [3.05, 3.63) is 52.5 Å². The fraction of sp³-hybridized carbons (Fsp3) is 0.476. The Morgan fingerprint density at radius 2 is 1.93 bits per heavy atom. The molecule has 2 N–H and O–H groups in total. The van der Waals surface area contributed by atoms with E-state index in [0.717, 1.165) is 44.7 Å². The van der Waals surface area contributed by atoms with Crippen LogP contribution in [-0.4, -0.2) is 38.1 Å². The summed E-state index contributed by atoms with van der Waals surface area (Å²) in [5, 5.41) is 5.39. The highest BCUT2D eigenvalue weighted by molar-refractivity contribution is 7.10. The van der Waals surface area contributed by atoms with Crippen molar-refractivity contribution < 1.29 is 14.1 Å². The van der Waals surface area contributed by atoms with Crippen LogP contribution in [-0.2, 0) is 4.79 Å². The Balaban J connectivity index is 1.43. The van der Waals surface area contributed by atoms with Gasteiger partial charge in [-0.05, 0) is 55.5 Å². The zero-order valence-electron chi connectivity index (χ0n) is 15.7. The Labute approximate surface area is 164 Å². The normalized spacial score (nSPS) is 20.3. The zero-order valence-corrected chi connectivity index (χ0v) is 16.5. The van der Waals surface area contributed by atoms with Crippen LogP contribution in [0.5, 0.6) is 0 Å². The minimum atomic E-state index is -0.194. The van der Waals surface area contributed by atoms with E-state index in [2.05, 4.69) is 34.7 Å². The number of quaternary nitrogens is 1. The molecule has 1 aliphatic carbocycles. The second kappa shape index (κ2) is 7.98. The molecule has 0 unspecified atom stereocenters. The maximum absolute atomic E-state index is 13.2. The first-order valence-corrected chi connectivity index (χ1v) is 10.7. The minimum Gasteiger partial charge on any atom is -0.360 e. The molecule has 2 fully saturated rings. The summed E-state index contributed by atoms with van der Waals surface area (Å²) in [6.45, 7) is 6.02. The molecule has 0 radical (unpaired) electrons. The topological polar surface area (TPSA) is 36.8 Å². The van der Waals surface area contributed by atoms with Crippen LogP contribution in [0.1, 0.15) is 30.7 Å². The number of piperazine rings is 1. The summed E-state index contributed by atoms with van der Waals surface area (Å²) in [6.07, 6.45) is 2.07. The molecule has 1 saturated heterocycles. The van der Waals surface area contributed by atoms with Gasteiger partial charge >= 0.3 is 0 Å². The van der Waals surface area contributed by atoms with E-state index >= 15 is 0 Å². The van der Waals surface area contributed by atoms with Crippen LogP contribution >= 0.6 is 11.3 Å². The van der Waals surface area contributed by atoms with Crippen molar-refractivity contribution in [3.8, 4) is 0 Å². The molecule has 27 heavy (non-hydrogen) atoms. The molecule has 2 aliphatic rings. The van der Waals surface area contributed by atoms with Gasteiger partial charge in [0.25, 0.3) is 0 Å². The van der Waals surface area contributed by atoms with E-state index in [1.807, 2.05) is 12.1 Å². The second-order valence-corrected chi connectivity index (χ2v) is 8.67. The van der Waals surface area contributed by atoms with Gasteiger partial charge in [-0.2, -0.15) is 0 Å². The lowest BCUT2D eigenvalue weighted by atomic mass is 10.0. The summed E-state index contributed by atoms with van der Waals surface area (Å²) in [7, 11) is 0. The van der Waals surface area contributed by atoms with Gasteiger partial charge in [0.15, 0.2) is 0 Å². The van der Waals surface area contributed by atoms with Gasteiger partial charge in [-0.3, -0.25) is 4.79 Å². The van der Waals surface area contributed by atoms with Crippen molar-refractivity contribution in [1.82, 2.24) is 5.32 Å². The second-order valence-electron chi connectivity index (χ2n) is 7.69. The Bertz CT molecular complexity index is 752. The lowest BCUT2D eigenvalue weighted by molar-refractivity contribution is -0.933. The Morgan fingerprint density at radius 3 is 2.52 bits per heavy atom. The minimum absolute atomic E-state index is 0.115. The molecule has 0 bridgehead atoms. The summed E-state index contributed by atoms with van der Waals surface area (Å²) in [4.78, 5) is 17.5. The van der Waals surface area contributed by atoms with Gasteiger partial charge in [0.1, 0.15) is 11.9 Å². The van der Waals surface area contributed by atoms with E-state index in [0.29, 0.717) is 0 Å². The lowest BCUT2D eigenvalue weighted by Crippen LogP contribution is -3.16. The standard InChI is InChI=1S/C21H26FN3OS/c1-15(23-21(26)16-4-5-16)20(19-3-2-14-27-19)25-12-10-24(11-13-25)18-8-6-17(22)7-9-18/h2-3,6-9,14-16,20H,4-5,10-13H2,1H3,(H,23,26)/p+1/t15-,20+/m0/s1. The molecule has 2 aromatic rings. The Morgan fingerprint density at radius 1 is 1.22 bits per heavy atom. The van der Waals surface area contributed by atoms with E-state index in [1.165, 1.54) is 21.9 Å². The number of benzene rings is 1. The number of rotatable bonds is 6. The van der Waals surface area contributed by atoms with Crippen LogP contribution in [0.2, 0.25) is 0 Å². The Hall–Kier alpha value is -1.92. The number of carbonyl (C=O) groups excluding carboxylic acids is 1. The first-order valence-electron chi connectivity index (χ1n) is 9.80. The smallest absolute Gasteiger partial charge is 0.223 e. The molecule has 6 heteroatoms. The molecule has 2 heterocycles. The molecule has 2 atom stereocenters. The van der Waals surface area contributed by atoms with E-state index in [4.69, 9.17) is 0 Å². The first-order chi connectivity index (χ1) is 13.1. The highest BCUT2D eigenvalue weighted by Crippen LogP contribution is 2.29. The predicted molar refractivity (Wildman–Crippen MR) is 107 cm³/mol. The molecule has 1 amide bonds. The molecule has 1 aliphatic heterocycles. The first kappa shape index (κ1) is 18.4. The zero-order chi connectivity index (χ0) is 18.8. The molecule has 1 aromatic heterocycles. The van der Waals surface area contributed by atoms with Gasteiger partial charge in [-0.25, -0.2) is 4.39 Å². The third kappa shape index (κ3) is 4.33. The van der Waals surface area contributed by atoms with E-state index in [9.17, 15) is 9.18 Å². The van der Waals surface area contributed by atoms with Crippen molar-refractivity contribution in [2.24, 2.45) is 5.92 Å². The summed E-state index contributed by atoms with van der Waals surface area (Å²) >= 11 is 1.78. The number of hydrogen-bond donors (Lipinski definition) is 2. The van der Waals surface area contributed by atoms with Gasteiger partial charge < -0.3 is 15.1 Å². The van der Waals surface area contributed by atoms with Crippen LogP contribution in [0.25, 0.3) is 0 Å². The molecule has 4 rings (SSSR count). The average Bonchev–Trinajstić information content (AvgIpc) is 3.40. The highest BCUT2D eigenvalue weighted by atomic mass is 32.1. The third-order valence-corrected chi connectivity index (χ3v) is 6.66. The molecule has 1 aromatic carbocycles. The molecule has 4 nitrogen and oxygen atoms in total. The number of halogens is 1. The van der Waals surface area contributed by atoms with Crippen LogP contribution in [0, 0.1) is 11.7 Å². The number of amides is 1. The predicted octanol–water partition coefficient (Wildman–Crippen LogP) is 2.25. The summed E-state index contributed by atoms with van der Waals surface area (Å²) in [5.74, 6) is 0.260. The van der Waals surface area contributed by atoms with Crippen molar-refractivity contribution in [3.63, 3.8) is 0 Å². The maximum atomic E-state index is 13.2. The number of nitrogens with zero attached hydrogens (tertiary/aromatic N) is 1. The third-order valence-electron chi connectivity index (χ3n) is 5.71. The number of carbonyl (C=O) groups is 1. The van der Waals surface area contributed by atoms with Gasteiger partial charge in [0, 0.05) is 11.6 Å². The van der Waals surface area contributed by atoms with Crippen molar-refractivity contribution in [2.75, 3.05) is 31.1 Å². The largest absolute Gasteiger partial charge is 0.360 e. The van der Waals surface area contributed by atoms with Gasteiger partial charge in [-0.15, -0.1) is 11.3 Å². The van der Waals surface area contributed by atoms with Crippen LogP contribution in [0.3, 0.4) is 0 Å². The fourth-order valence-electron chi connectivity index (χ4n) is 4.06. The quantitative estimate of drug-likeness (QED) is 0.796. The van der Waals surface area contributed by atoms with E-state index < -0.39 is 0 Å². The SMILES string of the molecule is C[C@H](NC(=O)C1CC1)[C@H](c1cccs1)[NH+]1CCN(c2ccc(F)cc2)CC1.